The van der Waals surface area contributed by atoms with E-state index < -0.39 is 0 Å². The van der Waals surface area contributed by atoms with Crippen LogP contribution in [0.2, 0.25) is 0 Å². The van der Waals surface area contributed by atoms with Crippen molar-refractivity contribution in [3.05, 3.63) is 12.1 Å². The SMILES string of the molecule is CC/C=C/B1OCCO1. The lowest BCUT2D eigenvalue weighted by atomic mass is 9.90. The third-order valence-corrected chi connectivity index (χ3v) is 1.18. The Morgan fingerprint density at radius 3 is 2.67 bits per heavy atom. The Bertz CT molecular complexity index is 97.2. The Labute approximate surface area is 56.0 Å². The third-order valence-electron chi connectivity index (χ3n) is 1.18. The normalized spacial score (nSPS) is 19.9. The fourth-order valence-electron chi connectivity index (χ4n) is 0.735. The molecule has 0 atom stereocenters. The highest BCUT2D eigenvalue weighted by Crippen LogP contribution is 1.99. The van der Waals surface area contributed by atoms with E-state index >= 15 is 0 Å². The van der Waals surface area contributed by atoms with Crippen LogP contribution in [0.15, 0.2) is 12.1 Å². The van der Waals surface area contributed by atoms with E-state index in [2.05, 4.69) is 13.0 Å². The van der Waals surface area contributed by atoms with Gasteiger partial charge in [-0.1, -0.05) is 19.0 Å². The van der Waals surface area contributed by atoms with Gasteiger partial charge in [0.2, 0.25) is 0 Å². The Hall–Kier alpha value is -0.275. The summed E-state index contributed by atoms with van der Waals surface area (Å²) >= 11 is 0. The minimum absolute atomic E-state index is 0.0649. The zero-order valence-electron chi connectivity index (χ0n) is 5.67. The highest BCUT2D eigenvalue weighted by atomic mass is 16.6. The van der Waals surface area contributed by atoms with E-state index in [1.54, 1.807) is 0 Å². The molecule has 0 aliphatic carbocycles. The van der Waals surface area contributed by atoms with Gasteiger partial charge in [0.1, 0.15) is 0 Å². The van der Waals surface area contributed by atoms with Crippen LogP contribution in [0, 0.1) is 0 Å². The highest BCUT2D eigenvalue weighted by molar-refractivity contribution is 6.51. The second-order valence-electron chi connectivity index (χ2n) is 1.95. The van der Waals surface area contributed by atoms with Crippen LogP contribution in [0.1, 0.15) is 13.3 Å². The Morgan fingerprint density at radius 1 is 1.44 bits per heavy atom. The summed E-state index contributed by atoms with van der Waals surface area (Å²) in [6.45, 7) is 3.56. The predicted octanol–water partition coefficient (Wildman–Crippen LogP) is 1.03. The van der Waals surface area contributed by atoms with Gasteiger partial charge in [0, 0.05) is 0 Å². The van der Waals surface area contributed by atoms with Gasteiger partial charge in [-0.05, 0) is 6.42 Å². The molecule has 0 N–H and O–H groups in total. The largest absolute Gasteiger partial charge is 0.485 e. The molecule has 3 heteroatoms. The quantitative estimate of drug-likeness (QED) is 0.514. The summed E-state index contributed by atoms with van der Waals surface area (Å²) in [5.41, 5.74) is 0. The average molecular weight is 126 g/mol. The standard InChI is InChI=1S/C6H11BO2/c1-2-3-4-7-8-5-6-9-7/h3-4H,2,5-6H2,1H3/b4-3+. The first-order valence-electron chi connectivity index (χ1n) is 3.33. The molecule has 0 aromatic carbocycles. The molecule has 50 valence electrons. The summed E-state index contributed by atoms with van der Waals surface area (Å²) in [5.74, 6) is 1.95. The Kier molecular flexibility index (Phi) is 2.81. The van der Waals surface area contributed by atoms with E-state index in [4.69, 9.17) is 9.31 Å². The summed E-state index contributed by atoms with van der Waals surface area (Å²) in [4.78, 5) is 0. The van der Waals surface area contributed by atoms with Crippen molar-refractivity contribution in [1.29, 1.82) is 0 Å². The van der Waals surface area contributed by atoms with Crippen LogP contribution >= 0.6 is 0 Å². The summed E-state index contributed by atoms with van der Waals surface area (Å²) in [6.07, 6.45) is 3.10. The minimum atomic E-state index is -0.0649. The number of hydrogen-bond acceptors (Lipinski definition) is 2. The van der Waals surface area contributed by atoms with Crippen molar-refractivity contribution in [2.75, 3.05) is 13.2 Å². The maximum Gasteiger partial charge on any atom is 0.485 e. The van der Waals surface area contributed by atoms with E-state index in [0.717, 1.165) is 19.6 Å². The topological polar surface area (TPSA) is 18.5 Å². The molecule has 1 rings (SSSR count). The van der Waals surface area contributed by atoms with Gasteiger partial charge < -0.3 is 9.31 Å². The fourth-order valence-corrected chi connectivity index (χ4v) is 0.735. The summed E-state index contributed by atoms with van der Waals surface area (Å²) in [5, 5.41) is 0. The van der Waals surface area contributed by atoms with Crippen LogP contribution in [0.4, 0.5) is 0 Å². The Morgan fingerprint density at radius 2 is 2.11 bits per heavy atom. The van der Waals surface area contributed by atoms with Gasteiger partial charge in [-0.15, -0.1) is 0 Å². The molecule has 0 spiro atoms. The minimum Gasteiger partial charge on any atom is -0.405 e. The van der Waals surface area contributed by atoms with E-state index in [1.807, 2.05) is 5.98 Å². The number of hydrogen-bond donors (Lipinski definition) is 0. The molecule has 0 aromatic heterocycles. The second kappa shape index (κ2) is 3.69. The van der Waals surface area contributed by atoms with Crippen molar-refractivity contribution in [2.24, 2.45) is 0 Å². The molecule has 2 nitrogen and oxygen atoms in total. The first kappa shape index (κ1) is 6.84. The van der Waals surface area contributed by atoms with Crippen LogP contribution in [0.25, 0.3) is 0 Å². The molecule has 0 saturated carbocycles. The molecule has 0 radical (unpaired) electrons. The average Bonchev–Trinajstić information content (AvgIpc) is 2.34. The van der Waals surface area contributed by atoms with Crippen molar-refractivity contribution < 1.29 is 9.31 Å². The lowest BCUT2D eigenvalue weighted by Gasteiger charge is -1.92. The lowest BCUT2D eigenvalue weighted by molar-refractivity contribution is 0.365. The van der Waals surface area contributed by atoms with Crippen LogP contribution in [-0.2, 0) is 9.31 Å². The molecule has 0 aromatic rings. The van der Waals surface area contributed by atoms with Gasteiger partial charge in [0.15, 0.2) is 0 Å². The zero-order chi connectivity index (χ0) is 6.53. The predicted molar refractivity (Wildman–Crippen MR) is 37.1 cm³/mol. The third kappa shape index (κ3) is 2.20. The van der Waals surface area contributed by atoms with Gasteiger partial charge in [0.25, 0.3) is 0 Å². The summed E-state index contributed by atoms with van der Waals surface area (Å²) in [7, 11) is -0.0649. The van der Waals surface area contributed by atoms with Gasteiger partial charge in [-0.2, -0.15) is 0 Å². The Balaban J connectivity index is 2.18. The molecular formula is C6H11BO2. The van der Waals surface area contributed by atoms with E-state index in [0.29, 0.717) is 0 Å². The van der Waals surface area contributed by atoms with Crippen molar-refractivity contribution in [2.45, 2.75) is 13.3 Å². The maximum absolute atomic E-state index is 5.15. The van der Waals surface area contributed by atoms with Crippen molar-refractivity contribution in [1.82, 2.24) is 0 Å². The molecule has 1 heterocycles. The van der Waals surface area contributed by atoms with Crippen LogP contribution < -0.4 is 0 Å². The van der Waals surface area contributed by atoms with Gasteiger partial charge in [-0.3, -0.25) is 0 Å². The van der Waals surface area contributed by atoms with Crippen molar-refractivity contribution >= 4 is 7.12 Å². The molecule has 1 aliphatic heterocycles. The van der Waals surface area contributed by atoms with Gasteiger partial charge in [0.05, 0.1) is 13.2 Å². The number of allylic oxidation sites excluding steroid dienone is 1. The molecule has 0 bridgehead atoms. The van der Waals surface area contributed by atoms with Crippen molar-refractivity contribution in [3.63, 3.8) is 0 Å². The summed E-state index contributed by atoms with van der Waals surface area (Å²) < 4.78 is 10.3. The maximum atomic E-state index is 5.15. The molecule has 1 saturated heterocycles. The molecule has 0 unspecified atom stereocenters. The van der Waals surface area contributed by atoms with Crippen molar-refractivity contribution in [3.8, 4) is 0 Å². The van der Waals surface area contributed by atoms with Gasteiger partial charge in [-0.25, -0.2) is 0 Å². The molecular weight excluding hydrogens is 115 g/mol. The number of rotatable bonds is 2. The first-order valence-corrected chi connectivity index (χ1v) is 3.33. The molecule has 9 heavy (non-hydrogen) atoms. The fraction of sp³-hybridized carbons (Fsp3) is 0.667. The van der Waals surface area contributed by atoms with Crippen LogP contribution in [-0.4, -0.2) is 20.3 Å². The molecule has 1 aliphatic rings. The van der Waals surface area contributed by atoms with Crippen LogP contribution in [0.5, 0.6) is 0 Å². The monoisotopic (exact) mass is 126 g/mol. The highest BCUT2D eigenvalue weighted by Gasteiger charge is 2.18. The van der Waals surface area contributed by atoms with E-state index in [9.17, 15) is 0 Å². The lowest BCUT2D eigenvalue weighted by Crippen LogP contribution is -2.09. The van der Waals surface area contributed by atoms with E-state index in [-0.39, 0.29) is 7.12 Å². The molecule has 1 fully saturated rings. The van der Waals surface area contributed by atoms with E-state index in [1.165, 1.54) is 0 Å². The van der Waals surface area contributed by atoms with Gasteiger partial charge >= 0.3 is 7.12 Å². The second-order valence-corrected chi connectivity index (χ2v) is 1.95. The summed E-state index contributed by atoms with van der Waals surface area (Å²) in [6, 6.07) is 0. The smallest absolute Gasteiger partial charge is 0.405 e. The first-order chi connectivity index (χ1) is 4.43. The van der Waals surface area contributed by atoms with Crippen LogP contribution in [0.3, 0.4) is 0 Å². The zero-order valence-corrected chi connectivity index (χ0v) is 5.67. The molecule has 0 amide bonds.